The summed E-state index contributed by atoms with van der Waals surface area (Å²) in [5, 5.41) is 3.79. The van der Waals surface area contributed by atoms with Crippen LogP contribution in [0.2, 0.25) is 5.02 Å². The summed E-state index contributed by atoms with van der Waals surface area (Å²) in [4.78, 5) is 14.2. The zero-order valence-corrected chi connectivity index (χ0v) is 14.8. The van der Waals surface area contributed by atoms with Gasteiger partial charge in [-0.1, -0.05) is 23.7 Å². The molecule has 1 N–H and O–H groups in total. The highest BCUT2D eigenvalue weighted by molar-refractivity contribution is 6.32. The molecule has 1 aliphatic rings. The van der Waals surface area contributed by atoms with Gasteiger partial charge in [0.15, 0.2) is 0 Å². The molecule has 1 atom stereocenters. The van der Waals surface area contributed by atoms with Crippen molar-refractivity contribution < 1.29 is 14.3 Å². The highest BCUT2D eigenvalue weighted by Gasteiger charge is 2.22. The van der Waals surface area contributed by atoms with Crippen molar-refractivity contribution in [3.05, 3.63) is 53.6 Å². The first-order chi connectivity index (χ1) is 12.1. The van der Waals surface area contributed by atoms with Gasteiger partial charge in [0.1, 0.15) is 17.5 Å². The third kappa shape index (κ3) is 4.65. The predicted molar refractivity (Wildman–Crippen MR) is 98.5 cm³/mol. The number of rotatable bonds is 5. The molecule has 5 nitrogen and oxygen atoms in total. The molecular weight excluding hydrogens is 340 g/mol. The topological polar surface area (TPSA) is 50.8 Å². The standard InChI is InChI=1S/C19H21ClN2O3/c1-14(19(23)22-10-12-24-13-11-22)21-15-6-8-16(9-7-15)25-18-5-3-2-4-17(18)20/h2-9,14,21H,10-13H2,1H3. The van der Waals surface area contributed by atoms with Gasteiger partial charge in [-0.15, -0.1) is 0 Å². The van der Waals surface area contributed by atoms with Crippen molar-refractivity contribution >= 4 is 23.2 Å². The van der Waals surface area contributed by atoms with Crippen LogP contribution in [0.25, 0.3) is 0 Å². The number of carbonyl (C=O) groups is 1. The molecule has 0 radical (unpaired) electrons. The van der Waals surface area contributed by atoms with E-state index in [-0.39, 0.29) is 11.9 Å². The maximum atomic E-state index is 12.4. The molecular formula is C19H21ClN2O3. The molecule has 132 valence electrons. The monoisotopic (exact) mass is 360 g/mol. The van der Waals surface area contributed by atoms with Gasteiger partial charge in [-0.05, 0) is 43.3 Å². The summed E-state index contributed by atoms with van der Waals surface area (Å²) in [5.74, 6) is 1.38. The molecule has 0 aliphatic carbocycles. The minimum atomic E-state index is -0.298. The molecule has 0 bridgehead atoms. The zero-order chi connectivity index (χ0) is 17.6. The van der Waals surface area contributed by atoms with Crippen molar-refractivity contribution in [2.24, 2.45) is 0 Å². The number of ether oxygens (including phenoxy) is 2. The van der Waals surface area contributed by atoms with Crippen LogP contribution in [-0.4, -0.2) is 43.2 Å². The van der Waals surface area contributed by atoms with Gasteiger partial charge in [0.2, 0.25) is 5.91 Å². The van der Waals surface area contributed by atoms with Crippen LogP contribution in [0.4, 0.5) is 5.69 Å². The molecule has 3 rings (SSSR count). The number of anilines is 1. The van der Waals surface area contributed by atoms with E-state index in [0.29, 0.717) is 42.8 Å². The molecule has 2 aromatic rings. The van der Waals surface area contributed by atoms with Crippen LogP contribution in [0, 0.1) is 0 Å². The van der Waals surface area contributed by atoms with Crippen molar-refractivity contribution in [2.75, 3.05) is 31.6 Å². The summed E-state index contributed by atoms with van der Waals surface area (Å²) in [6.07, 6.45) is 0. The summed E-state index contributed by atoms with van der Waals surface area (Å²) in [6.45, 7) is 4.37. The lowest BCUT2D eigenvalue weighted by Crippen LogP contribution is -2.46. The number of nitrogens with one attached hydrogen (secondary N) is 1. The van der Waals surface area contributed by atoms with Crippen molar-refractivity contribution in [3.63, 3.8) is 0 Å². The second-order valence-electron chi connectivity index (χ2n) is 5.86. The molecule has 1 unspecified atom stereocenters. The smallest absolute Gasteiger partial charge is 0.244 e. The third-order valence-electron chi connectivity index (χ3n) is 4.00. The number of carbonyl (C=O) groups excluding carboxylic acids is 1. The van der Waals surface area contributed by atoms with Gasteiger partial charge < -0.3 is 19.7 Å². The van der Waals surface area contributed by atoms with E-state index < -0.39 is 0 Å². The Morgan fingerprint density at radius 1 is 1.16 bits per heavy atom. The molecule has 0 saturated carbocycles. The van der Waals surface area contributed by atoms with Gasteiger partial charge in [-0.2, -0.15) is 0 Å². The second-order valence-corrected chi connectivity index (χ2v) is 6.27. The Morgan fingerprint density at radius 3 is 2.52 bits per heavy atom. The van der Waals surface area contributed by atoms with Gasteiger partial charge in [0, 0.05) is 18.8 Å². The van der Waals surface area contributed by atoms with E-state index >= 15 is 0 Å². The van der Waals surface area contributed by atoms with Crippen molar-refractivity contribution in [3.8, 4) is 11.5 Å². The largest absolute Gasteiger partial charge is 0.456 e. The van der Waals surface area contributed by atoms with Crippen LogP contribution >= 0.6 is 11.6 Å². The average Bonchev–Trinajstić information content (AvgIpc) is 2.65. The highest BCUT2D eigenvalue weighted by Crippen LogP contribution is 2.29. The van der Waals surface area contributed by atoms with E-state index in [9.17, 15) is 4.79 Å². The fraction of sp³-hybridized carbons (Fsp3) is 0.316. The van der Waals surface area contributed by atoms with Crippen LogP contribution in [0.3, 0.4) is 0 Å². The summed E-state index contributed by atoms with van der Waals surface area (Å²) < 4.78 is 11.0. The summed E-state index contributed by atoms with van der Waals surface area (Å²) in [5.41, 5.74) is 0.862. The normalized spacial score (nSPS) is 15.5. The van der Waals surface area contributed by atoms with Crippen molar-refractivity contribution in [1.82, 2.24) is 4.90 Å². The Kier molecular flexibility index (Phi) is 5.79. The molecule has 2 aromatic carbocycles. The maximum absolute atomic E-state index is 12.4. The number of morpholine rings is 1. The molecule has 6 heteroatoms. The Hall–Kier alpha value is -2.24. The number of amides is 1. The number of para-hydroxylation sites is 1. The first kappa shape index (κ1) is 17.6. The van der Waals surface area contributed by atoms with Gasteiger partial charge in [0.05, 0.1) is 18.2 Å². The Balaban J connectivity index is 1.58. The highest BCUT2D eigenvalue weighted by atomic mass is 35.5. The Morgan fingerprint density at radius 2 is 1.84 bits per heavy atom. The number of halogens is 1. The van der Waals surface area contributed by atoms with Crippen LogP contribution in [0.15, 0.2) is 48.5 Å². The molecule has 1 saturated heterocycles. The lowest BCUT2D eigenvalue weighted by atomic mass is 10.2. The Bertz CT molecular complexity index is 715. The third-order valence-corrected chi connectivity index (χ3v) is 4.31. The van der Waals surface area contributed by atoms with Crippen LogP contribution < -0.4 is 10.1 Å². The number of nitrogens with zero attached hydrogens (tertiary/aromatic N) is 1. The van der Waals surface area contributed by atoms with E-state index in [0.717, 1.165) is 5.69 Å². The second kappa shape index (κ2) is 8.23. The quantitative estimate of drug-likeness (QED) is 0.881. The first-order valence-electron chi connectivity index (χ1n) is 8.29. The van der Waals surface area contributed by atoms with Gasteiger partial charge in [-0.3, -0.25) is 4.79 Å². The molecule has 1 heterocycles. The van der Waals surface area contributed by atoms with Crippen LogP contribution in [0.5, 0.6) is 11.5 Å². The molecule has 1 fully saturated rings. The van der Waals surface area contributed by atoms with Crippen molar-refractivity contribution in [1.29, 1.82) is 0 Å². The van der Waals surface area contributed by atoms with Gasteiger partial charge in [0.25, 0.3) is 0 Å². The minimum Gasteiger partial charge on any atom is -0.456 e. The van der Waals surface area contributed by atoms with E-state index in [4.69, 9.17) is 21.1 Å². The van der Waals surface area contributed by atoms with Gasteiger partial charge in [-0.25, -0.2) is 0 Å². The van der Waals surface area contributed by atoms with Gasteiger partial charge >= 0.3 is 0 Å². The Labute approximate surface area is 152 Å². The maximum Gasteiger partial charge on any atom is 0.244 e. The molecule has 1 amide bonds. The van der Waals surface area contributed by atoms with E-state index in [2.05, 4.69) is 5.32 Å². The van der Waals surface area contributed by atoms with E-state index in [1.54, 1.807) is 6.07 Å². The SMILES string of the molecule is CC(Nc1ccc(Oc2ccccc2Cl)cc1)C(=O)N1CCOCC1. The summed E-state index contributed by atoms with van der Waals surface area (Å²) in [6, 6.07) is 14.5. The fourth-order valence-corrected chi connectivity index (χ4v) is 2.82. The molecule has 0 spiro atoms. The van der Waals surface area contributed by atoms with Crippen molar-refractivity contribution in [2.45, 2.75) is 13.0 Å². The van der Waals surface area contributed by atoms with Crippen LogP contribution in [-0.2, 0) is 9.53 Å². The summed E-state index contributed by atoms with van der Waals surface area (Å²) in [7, 11) is 0. The minimum absolute atomic E-state index is 0.0830. The molecule has 25 heavy (non-hydrogen) atoms. The summed E-state index contributed by atoms with van der Waals surface area (Å²) >= 11 is 6.09. The lowest BCUT2D eigenvalue weighted by Gasteiger charge is -2.29. The molecule has 1 aliphatic heterocycles. The average molecular weight is 361 g/mol. The zero-order valence-electron chi connectivity index (χ0n) is 14.1. The number of hydrogen-bond acceptors (Lipinski definition) is 4. The fourth-order valence-electron chi connectivity index (χ4n) is 2.64. The van der Waals surface area contributed by atoms with E-state index in [1.807, 2.05) is 54.3 Å². The number of hydrogen-bond donors (Lipinski definition) is 1. The molecule has 0 aromatic heterocycles. The lowest BCUT2D eigenvalue weighted by molar-refractivity contribution is -0.135. The first-order valence-corrected chi connectivity index (χ1v) is 8.67. The number of benzene rings is 2. The predicted octanol–water partition coefficient (Wildman–Crippen LogP) is 3.79. The van der Waals surface area contributed by atoms with E-state index in [1.165, 1.54) is 0 Å². The van der Waals surface area contributed by atoms with Crippen LogP contribution in [0.1, 0.15) is 6.92 Å².